The Kier molecular flexibility index (Phi) is 2.03. The lowest BCUT2D eigenvalue weighted by atomic mass is 10.4. The SMILES string of the molecule is Cc1nc(CCn2cncn2)no1. The van der Waals surface area contributed by atoms with E-state index in [9.17, 15) is 0 Å². The second-order valence-electron chi connectivity index (χ2n) is 2.64. The molecule has 0 saturated carbocycles. The summed E-state index contributed by atoms with van der Waals surface area (Å²) in [5.74, 6) is 1.29. The number of rotatable bonds is 3. The Labute approximate surface area is 74.6 Å². The smallest absolute Gasteiger partial charge is 0.223 e. The van der Waals surface area contributed by atoms with Crippen molar-refractivity contribution in [1.29, 1.82) is 0 Å². The van der Waals surface area contributed by atoms with Gasteiger partial charge in [-0.15, -0.1) is 0 Å². The summed E-state index contributed by atoms with van der Waals surface area (Å²) in [7, 11) is 0. The van der Waals surface area contributed by atoms with Gasteiger partial charge in [0, 0.05) is 19.9 Å². The first kappa shape index (κ1) is 7.90. The molecule has 0 bridgehead atoms. The van der Waals surface area contributed by atoms with Gasteiger partial charge >= 0.3 is 0 Å². The molecule has 2 rings (SSSR count). The molecule has 2 aromatic heterocycles. The summed E-state index contributed by atoms with van der Waals surface area (Å²) in [5.41, 5.74) is 0. The molecule has 2 heterocycles. The first-order chi connectivity index (χ1) is 6.34. The summed E-state index contributed by atoms with van der Waals surface area (Å²) in [5, 5.41) is 7.73. The average Bonchev–Trinajstić information content (AvgIpc) is 2.71. The molecule has 68 valence electrons. The molecule has 2 aromatic rings. The van der Waals surface area contributed by atoms with Gasteiger partial charge in [-0.2, -0.15) is 10.1 Å². The molecular formula is C7H9N5O. The molecule has 0 aliphatic heterocycles. The van der Waals surface area contributed by atoms with E-state index in [0.29, 0.717) is 18.1 Å². The molecule has 0 unspecified atom stereocenters. The Hall–Kier alpha value is -1.72. The van der Waals surface area contributed by atoms with E-state index in [-0.39, 0.29) is 0 Å². The van der Waals surface area contributed by atoms with E-state index in [4.69, 9.17) is 4.52 Å². The Morgan fingerprint density at radius 1 is 1.54 bits per heavy atom. The van der Waals surface area contributed by atoms with Crippen molar-refractivity contribution < 1.29 is 4.52 Å². The van der Waals surface area contributed by atoms with E-state index in [1.54, 1.807) is 17.9 Å². The van der Waals surface area contributed by atoms with Crippen molar-refractivity contribution in [2.45, 2.75) is 19.9 Å². The van der Waals surface area contributed by atoms with Gasteiger partial charge in [0.2, 0.25) is 5.89 Å². The van der Waals surface area contributed by atoms with E-state index in [1.165, 1.54) is 6.33 Å². The van der Waals surface area contributed by atoms with Crippen LogP contribution in [-0.2, 0) is 13.0 Å². The Bertz CT molecular complexity index is 366. The maximum Gasteiger partial charge on any atom is 0.223 e. The predicted octanol–water partition coefficient (Wildman–Crippen LogP) is 0.212. The van der Waals surface area contributed by atoms with Crippen LogP contribution in [0.25, 0.3) is 0 Å². The lowest BCUT2D eigenvalue weighted by molar-refractivity contribution is 0.385. The highest BCUT2D eigenvalue weighted by Crippen LogP contribution is 1.96. The topological polar surface area (TPSA) is 69.6 Å². The molecule has 0 amide bonds. The van der Waals surface area contributed by atoms with Gasteiger partial charge in [0.25, 0.3) is 0 Å². The van der Waals surface area contributed by atoms with Crippen molar-refractivity contribution in [3.8, 4) is 0 Å². The molecule has 6 heteroatoms. The van der Waals surface area contributed by atoms with Crippen LogP contribution in [-0.4, -0.2) is 24.9 Å². The van der Waals surface area contributed by atoms with Crippen LogP contribution >= 0.6 is 0 Å². The summed E-state index contributed by atoms with van der Waals surface area (Å²) in [6.07, 6.45) is 3.87. The first-order valence-corrected chi connectivity index (χ1v) is 3.96. The Morgan fingerprint density at radius 2 is 2.46 bits per heavy atom. The van der Waals surface area contributed by atoms with Crippen LogP contribution in [0.5, 0.6) is 0 Å². The molecule has 13 heavy (non-hydrogen) atoms. The zero-order valence-corrected chi connectivity index (χ0v) is 7.21. The van der Waals surface area contributed by atoms with Crippen LogP contribution in [0.3, 0.4) is 0 Å². The number of hydrogen-bond donors (Lipinski definition) is 0. The monoisotopic (exact) mass is 179 g/mol. The average molecular weight is 179 g/mol. The highest BCUT2D eigenvalue weighted by atomic mass is 16.5. The molecule has 0 aliphatic carbocycles. The number of hydrogen-bond acceptors (Lipinski definition) is 5. The van der Waals surface area contributed by atoms with Gasteiger partial charge in [-0.05, 0) is 0 Å². The maximum absolute atomic E-state index is 4.83. The van der Waals surface area contributed by atoms with Gasteiger partial charge in [-0.3, -0.25) is 4.68 Å². The molecule has 6 nitrogen and oxygen atoms in total. The Morgan fingerprint density at radius 3 is 3.08 bits per heavy atom. The second kappa shape index (κ2) is 3.34. The molecule has 0 aliphatic rings. The van der Waals surface area contributed by atoms with Crippen LogP contribution in [0.2, 0.25) is 0 Å². The van der Waals surface area contributed by atoms with Crippen molar-refractivity contribution in [2.24, 2.45) is 0 Å². The van der Waals surface area contributed by atoms with Crippen molar-refractivity contribution in [3.05, 3.63) is 24.4 Å². The normalized spacial score (nSPS) is 10.5. The summed E-state index contributed by atoms with van der Waals surface area (Å²) >= 11 is 0. The zero-order chi connectivity index (χ0) is 9.10. The first-order valence-electron chi connectivity index (χ1n) is 3.96. The summed E-state index contributed by atoms with van der Waals surface area (Å²) in [4.78, 5) is 7.90. The highest BCUT2D eigenvalue weighted by Gasteiger charge is 2.01. The minimum Gasteiger partial charge on any atom is -0.340 e. The second-order valence-corrected chi connectivity index (χ2v) is 2.64. The van der Waals surface area contributed by atoms with E-state index in [1.807, 2.05) is 0 Å². The molecule has 0 aromatic carbocycles. The third-order valence-corrected chi connectivity index (χ3v) is 1.60. The minimum absolute atomic E-state index is 0.591. The highest BCUT2D eigenvalue weighted by molar-refractivity contribution is 4.83. The van der Waals surface area contributed by atoms with E-state index >= 15 is 0 Å². The van der Waals surface area contributed by atoms with Crippen LogP contribution in [0, 0.1) is 6.92 Å². The molecule has 0 saturated heterocycles. The zero-order valence-electron chi connectivity index (χ0n) is 7.21. The van der Waals surface area contributed by atoms with Crippen LogP contribution < -0.4 is 0 Å². The van der Waals surface area contributed by atoms with Gasteiger partial charge in [0.05, 0.1) is 0 Å². The number of aromatic nitrogens is 5. The van der Waals surface area contributed by atoms with Crippen LogP contribution in [0.1, 0.15) is 11.7 Å². The number of nitrogens with zero attached hydrogens (tertiary/aromatic N) is 5. The van der Waals surface area contributed by atoms with Gasteiger partial charge in [-0.1, -0.05) is 5.16 Å². The van der Waals surface area contributed by atoms with Gasteiger partial charge < -0.3 is 4.52 Å². The van der Waals surface area contributed by atoms with Gasteiger partial charge in [0.1, 0.15) is 12.7 Å². The molecule has 0 atom stereocenters. The minimum atomic E-state index is 0.591. The lowest BCUT2D eigenvalue weighted by Crippen LogP contribution is -2.02. The third-order valence-electron chi connectivity index (χ3n) is 1.60. The van der Waals surface area contributed by atoms with Crippen LogP contribution in [0.4, 0.5) is 0 Å². The van der Waals surface area contributed by atoms with Crippen molar-refractivity contribution >= 4 is 0 Å². The van der Waals surface area contributed by atoms with Crippen molar-refractivity contribution in [1.82, 2.24) is 24.9 Å². The van der Waals surface area contributed by atoms with Crippen molar-refractivity contribution in [2.75, 3.05) is 0 Å². The molecule has 0 N–H and O–H groups in total. The summed E-state index contributed by atoms with van der Waals surface area (Å²) < 4.78 is 6.56. The molecular weight excluding hydrogens is 170 g/mol. The fourth-order valence-electron chi connectivity index (χ4n) is 1.01. The largest absolute Gasteiger partial charge is 0.340 e. The van der Waals surface area contributed by atoms with Crippen molar-refractivity contribution in [3.63, 3.8) is 0 Å². The Balaban J connectivity index is 1.93. The summed E-state index contributed by atoms with van der Waals surface area (Å²) in [6.45, 7) is 2.49. The van der Waals surface area contributed by atoms with Crippen LogP contribution in [0.15, 0.2) is 17.2 Å². The third kappa shape index (κ3) is 1.90. The fraction of sp³-hybridized carbons (Fsp3) is 0.429. The predicted molar refractivity (Wildman–Crippen MR) is 42.8 cm³/mol. The van der Waals surface area contributed by atoms with E-state index in [0.717, 1.165) is 6.54 Å². The maximum atomic E-state index is 4.83. The van der Waals surface area contributed by atoms with E-state index < -0.39 is 0 Å². The summed E-state index contributed by atoms with van der Waals surface area (Å²) in [6, 6.07) is 0. The van der Waals surface area contributed by atoms with Gasteiger partial charge in [0.15, 0.2) is 5.82 Å². The molecule has 0 radical (unpaired) electrons. The van der Waals surface area contributed by atoms with Gasteiger partial charge in [-0.25, -0.2) is 4.98 Å². The lowest BCUT2D eigenvalue weighted by Gasteiger charge is -1.94. The fourth-order valence-corrected chi connectivity index (χ4v) is 1.01. The quantitative estimate of drug-likeness (QED) is 0.673. The molecule has 0 fully saturated rings. The molecule has 0 spiro atoms. The van der Waals surface area contributed by atoms with E-state index in [2.05, 4.69) is 20.2 Å². The number of aryl methyl sites for hydroxylation is 3. The standard InChI is InChI=1S/C7H9N5O/c1-6-10-7(11-13-6)2-3-12-5-8-4-9-12/h4-5H,2-3H2,1H3.